The number of benzene rings is 1. The largest absolute Gasteiger partial charge is 0.271 e. The van der Waals surface area contributed by atoms with E-state index in [0.29, 0.717) is 0 Å². The van der Waals surface area contributed by atoms with Crippen LogP contribution in [0.1, 0.15) is 31.4 Å². The van der Waals surface area contributed by atoms with E-state index >= 15 is 0 Å². The second kappa shape index (κ2) is 6.05. The topological polar surface area (TPSA) is 38.0 Å². The maximum atomic E-state index is 5.56. The number of nitrogens with two attached hydrogens (primary N) is 1. The van der Waals surface area contributed by atoms with E-state index in [2.05, 4.69) is 34.0 Å². The van der Waals surface area contributed by atoms with Gasteiger partial charge < -0.3 is 0 Å². The van der Waals surface area contributed by atoms with E-state index in [1.54, 1.807) is 0 Å². The molecule has 0 bridgehead atoms. The molecule has 0 heterocycles. The average Bonchev–Trinajstić information content (AvgIpc) is 2.21. The van der Waals surface area contributed by atoms with Crippen LogP contribution in [0.3, 0.4) is 0 Å². The molecule has 0 aliphatic heterocycles. The normalized spacial score (nSPS) is 12.5. The van der Waals surface area contributed by atoms with E-state index in [4.69, 9.17) is 5.84 Å². The Labute approximate surface area is 99.7 Å². The third-order valence-electron chi connectivity index (χ3n) is 2.34. The maximum Gasteiger partial charge on any atom is 0.0474 e. The minimum absolute atomic E-state index is 0.178. The molecule has 1 aromatic rings. The molecule has 15 heavy (non-hydrogen) atoms. The summed E-state index contributed by atoms with van der Waals surface area (Å²) in [5.41, 5.74) is 5.22. The first-order chi connectivity index (χ1) is 7.15. The Morgan fingerprint density at radius 2 is 2.20 bits per heavy atom. The van der Waals surface area contributed by atoms with Gasteiger partial charge in [0.15, 0.2) is 0 Å². The van der Waals surface area contributed by atoms with Crippen LogP contribution in [0.25, 0.3) is 0 Å². The van der Waals surface area contributed by atoms with Crippen LogP contribution in [-0.4, -0.2) is 0 Å². The average molecular weight is 269 g/mol. The van der Waals surface area contributed by atoms with Crippen LogP contribution in [0.4, 0.5) is 0 Å². The molecule has 0 saturated heterocycles. The van der Waals surface area contributed by atoms with E-state index in [0.717, 1.165) is 17.3 Å². The summed E-state index contributed by atoms with van der Waals surface area (Å²) in [6, 6.07) is 8.30. The summed E-state index contributed by atoms with van der Waals surface area (Å²) in [7, 11) is 0. The molecule has 0 aliphatic rings. The van der Waals surface area contributed by atoms with Gasteiger partial charge in [-0.25, -0.2) is 0 Å². The van der Waals surface area contributed by atoms with E-state index < -0.39 is 0 Å². The number of hydrogen-bond donors (Lipinski definition) is 2. The number of allylic oxidation sites excluding steroid dienone is 1. The van der Waals surface area contributed by atoms with Crippen molar-refractivity contribution in [3.05, 3.63) is 46.5 Å². The van der Waals surface area contributed by atoms with Gasteiger partial charge in [-0.05, 0) is 31.4 Å². The van der Waals surface area contributed by atoms with Crippen LogP contribution in [0.5, 0.6) is 0 Å². The van der Waals surface area contributed by atoms with Crippen LogP contribution in [0.2, 0.25) is 0 Å². The zero-order chi connectivity index (χ0) is 11.3. The van der Waals surface area contributed by atoms with Crippen molar-refractivity contribution in [3.63, 3.8) is 0 Å². The van der Waals surface area contributed by atoms with Crippen LogP contribution < -0.4 is 11.3 Å². The Kier molecular flexibility index (Phi) is 5.02. The third kappa shape index (κ3) is 3.78. The first-order valence-corrected chi connectivity index (χ1v) is 5.79. The molecular formula is C12H17BrN2. The van der Waals surface area contributed by atoms with Crippen LogP contribution >= 0.6 is 15.9 Å². The van der Waals surface area contributed by atoms with Crippen LogP contribution in [0.15, 0.2) is 40.9 Å². The van der Waals surface area contributed by atoms with Crippen molar-refractivity contribution >= 4 is 15.9 Å². The van der Waals surface area contributed by atoms with Crippen molar-refractivity contribution in [2.24, 2.45) is 5.84 Å². The quantitative estimate of drug-likeness (QED) is 0.489. The zero-order valence-corrected chi connectivity index (χ0v) is 10.5. The molecule has 0 aromatic heterocycles. The summed E-state index contributed by atoms with van der Waals surface area (Å²) in [4.78, 5) is 0. The third-order valence-corrected chi connectivity index (χ3v) is 3.06. The molecule has 3 N–H and O–H groups in total. The molecule has 1 unspecified atom stereocenters. The van der Waals surface area contributed by atoms with E-state index in [1.807, 2.05) is 25.1 Å². The lowest BCUT2D eigenvalue weighted by molar-refractivity contribution is 0.514. The summed E-state index contributed by atoms with van der Waals surface area (Å²) >= 11 is 3.53. The van der Waals surface area contributed by atoms with Gasteiger partial charge >= 0.3 is 0 Å². The molecular weight excluding hydrogens is 252 g/mol. The highest BCUT2D eigenvalue weighted by molar-refractivity contribution is 9.10. The highest BCUT2D eigenvalue weighted by atomic mass is 79.9. The number of rotatable bonds is 5. The monoisotopic (exact) mass is 268 g/mol. The van der Waals surface area contributed by atoms with Crippen molar-refractivity contribution in [3.8, 4) is 0 Å². The van der Waals surface area contributed by atoms with Crippen molar-refractivity contribution in [1.82, 2.24) is 5.43 Å². The summed E-state index contributed by atoms with van der Waals surface area (Å²) in [5.74, 6) is 5.56. The molecule has 0 saturated carbocycles. The Morgan fingerprint density at radius 3 is 2.73 bits per heavy atom. The lowest BCUT2D eigenvalue weighted by Gasteiger charge is -2.17. The predicted molar refractivity (Wildman–Crippen MR) is 68.3 cm³/mol. The van der Waals surface area contributed by atoms with Crippen molar-refractivity contribution in [1.29, 1.82) is 0 Å². The predicted octanol–water partition coefficient (Wildman–Crippen LogP) is 3.31. The van der Waals surface area contributed by atoms with Crippen LogP contribution in [-0.2, 0) is 0 Å². The molecule has 1 rings (SSSR count). The molecule has 0 aliphatic carbocycles. The van der Waals surface area contributed by atoms with Gasteiger partial charge in [0.05, 0.1) is 0 Å². The van der Waals surface area contributed by atoms with Gasteiger partial charge in [0.1, 0.15) is 0 Å². The number of nitrogens with one attached hydrogen (secondary N) is 1. The molecule has 3 heteroatoms. The second-order valence-corrected chi connectivity index (χ2v) is 4.59. The second-order valence-electron chi connectivity index (χ2n) is 3.74. The molecule has 0 fully saturated rings. The number of hydrazine groups is 1. The standard InChI is InChI=1S/C12H17BrN2/c1-9(2)7-8-12(15-14)10-5-3-4-6-11(10)13/h3-6,12,15H,1,7-8,14H2,2H3. The highest BCUT2D eigenvalue weighted by Crippen LogP contribution is 2.26. The first kappa shape index (κ1) is 12.4. The molecule has 82 valence electrons. The lowest BCUT2D eigenvalue weighted by Crippen LogP contribution is -2.28. The van der Waals surface area contributed by atoms with Gasteiger partial charge in [-0.15, -0.1) is 6.58 Å². The van der Waals surface area contributed by atoms with Gasteiger partial charge in [-0.2, -0.15) is 0 Å². The highest BCUT2D eigenvalue weighted by Gasteiger charge is 2.11. The van der Waals surface area contributed by atoms with Gasteiger partial charge in [0, 0.05) is 10.5 Å². The van der Waals surface area contributed by atoms with E-state index in [9.17, 15) is 0 Å². The fourth-order valence-electron chi connectivity index (χ4n) is 1.48. The smallest absolute Gasteiger partial charge is 0.0474 e. The Bertz CT molecular complexity index is 336. The molecule has 0 amide bonds. The van der Waals surface area contributed by atoms with Gasteiger partial charge in [0.2, 0.25) is 0 Å². The molecule has 1 aromatic carbocycles. The zero-order valence-electron chi connectivity index (χ0n) is 8.96. The van der Waals surface area contributed by atoms with Crippen LogP contribution in [0, 0.1) is 0 Å². The first-order valence-electron chi connectivity index (χ1n) is 5.00. The van der Waals surface area contributed by atoms with E-state index in [-0.39, 0.29) is 6.04 Å². The Morgan fingerprint density at radius 1 is 1.53 bits per heavy atom. The van der Waals surface area contributed by atoms with Gasteiger partial charge in [-0.3, -0.25) is 11.3 Å². The van der Waals surface area contributed by atoms with Crippen molar-refractivity contribution < 1.29 is 0 Å². The molecule has 1 atom stereocenters. The minimum atomic E-state index is 0.178. The maximum absolute atomic E-state index is 5.56. The Balaban J connectivity index is 2.74. The lowest BCUT2D eigenvalue weighted by atomic mass is 10.0. The molecule has 0 spiro atoms. The number of hydrogen-bond acceptors (Lipinski definition) is 2. The van der Waals surface area contributed by atoms with E-state index in [1.165, 1.54) is 11.1 Å². The summed E-state index contributed by atoms with van der Waals surface area (Å²) in [5, 5.41) is 0. The minimum Gasteiger partial charge on any atom is -0.271 e. The Hall–Kier alpha value is -0.640. The van der Waals surface area contributed by atoms with Crippen molar-refractivity contribution in [2.45, 2.75) is 25.8 Å². The van der Waals surface area contributed by atoms with Gasteiger partial charge in [0.25, 0.3) is 0 Å². The molecule has 2 nitrogen and oxygen atoms in total. The number of halogens is 1. The van der Waals surface area contributed by atoms with Crippen molar-refractivity contribution in [2.75, 3.05) is 0 Å². The fourth-order valence-corrected chi connectivity index (χ4v) is 2.04. The fraction of sp³-hybridized carbons (Fsp3) is 0.333. The molecule has 0 radical (unpaired) electrons. The summed E-state index contributed by atoms with van der Waals surface area (Å²) < 4.78 is 1.09. The SMILES string of the molecule is C=C(C)CCC(NN)c1ccccc1Br. The van der Waals surface area contributed by atoms with Gasteiger partial charge in [-0.1, -0.05) is 39.7 Å². The summed E-state index contributed by atoms with van der Waals surface area (Å²) in [6.07, 6.45) is 1.95. The summed E-state index contributed by atoms with van der Waals surface area (Å²) in [6.45, 7) is 5.93.